The van der Waals surface area contributed by atoms with Gasteiger partial charge in [0.05, 0.1) is 6.07 Å². The molecule has 2 amide bonds. The molecule has 0 bridgehead atoms. The number of carbonyl (C=O) groups is 2. The van der Waals surface area contributed by atoms with Crippen molar-refractivity contribution < 1.29 is 9.59 Å². The molecule has 1 atom stereocenters. The molecule has 0 aliphatic carbocycles. The zero-order valence-electron chi connectivity index (χ0n) is 10.2. The van der Waals surface area contributed by atoms with Gasteiger partial charge in [0.15, 0.2) is 0 Å². The van der Waals surface area contributed by atoms with Crippen LogP contribution >= 0.6 is 0 Å². The molecule has 0 aliphatic rings. The Morgan fingerprint density at radius 3 is 2.12 bits per heavy atom. The second-order valence-corrected chi connectivity index (χ2v) is 4.26. The third kappa shape index (κ3) is 4.78. The van der Waals surface area contributed by atoms with Gasteiger partial charge in [0.2, 0.25) is 11.8 Å². The first-order chi connectivity index (χ1) is 7.40. The van der Waals surface area contributed by atoms with E-state index in [2.05, 4.69) is 10.6 Å². The number of rotatable bonds is 5. The Morgan fingerprint density at radius 1 is 1.19 bits per heavy atom. The molecule has 0 radical (unpaired) electrons. The van der Waals surface area contributed by atoms with Crippen molar-refractivity contribution in [3.05, 3.63) is 0 Å². The fourth-order valence-electron chi connectivity index (χ4n) is 1.09. The van der Waals surface area contributed by atoms with Gasteiger partial charge in [0.1, 0.15) is 12.6 Å². The number of nitriles is 1. The lowest BCUT2D eigenvalue weighted by Crippen LogP contribution is -2.50. The highest BCUT2D eigenvalue weighted by Gasteiger charge is 2.24. The third-order valence-corrected chi connectivity index (χ3v) is 2.11. The maximum absolute atomic E-state index is 11.6. The first-order valence-corrected chi connectivity index (χ1v) is 5.35. The summed E-state index contributed by atoms with van der Waals surface area (Å²) in [6.07, 6.45) is 0. The minimum Gasteiger partial charge on any atom is -0.344 e. The van der Waals surface area contributed by atoms with Crippen molar-refractivity contribution in [1.29, 1.82) is 5.26 Å². The molecule has 0 aromatic carbocycles. The summed E-state index contributed by atoms with van der Waals surface area (Å²) in [6.45, 7) is 7.17. The molecule has 0 spiro atoms. The second-order valence-electron chi connectivity index (χ2n) is 4.26. The van der Waals surface area contributed by atoms with E-state index in [-0.39, 0.29) is 30.2 Å². The number of nitrogens with one attached hydrogen (secondary N) is 2. The van der Waals surface area contributed by atoms with Gasteiger partial charge in [-0.1, -0.05) is 27.7 Å². The molecule has 2 N–H and O–H groups in total. The number of nitrogens with zero attached hydrogens (tertiary/aromatic N) is 1. The molecule has 0 rings (SSSR count). The summed E-state index contributed by atoms with van der Waals surface area (Å²) in [5.41, 5.74) is 0. The molecule has 0 aromatic rings. The molecule has 16 heavy (non-hydrogen) atoms. The van der Waals surface area contributed by atoms with Gasteiger partial charge < -0.3 is 10.6 Å². The highest BCUT2D eigenvalue weighted by Crippen LogP contribution is 2.03. The standard InChI is InChI=1S/C11H19N3O2/c1-7(2)9(11(16)13-6-5-12)14-10(15)8(3)4/h7-9H,6H2,1-4H3,(H,13,16)(H,14,15). The monoisotopic (exact) mass is 225 g/mol. The van der Waals surface area contributed by atoms with Gasteiger partial charge in [-0.2, -0.15) is 5.26 Å². The van der Waals surface area contributed by atoms with Crippen LogP contribution in [0, 0.1) is 23.2 Å². The fourth-order valence-corrected chi connectivity index (χ4v) is 1.09. The van der Waals surface area contributed by atoms with E-state index in [0.717, 1.165) is 0 Å². The van der Waals surface area contributed by atoms with Crippen molar-refractivity contribution in [2.24, 2.45) is 11.8 Å². The molecule has 0 aliphatic heterocycles. The Labute approximate surface area is 96.2 Å². The van der Waals surface area contributed by atoms with Gasteiger partial charge >= 0.3 is 0 Å². The predicted octanol–water partition coefficient (Wildman–Crippen LogP) is 0.423. The molecule has 0 aromatic heterocycles. The number of amides is 2. The van der Waals surface area contributed by atoms with E-state index in [9.17, 15) is 9.59 Å². The Hall–Kier alpha value is -1.57. The highest BCUT2D eigenvalue weighted by atomic mass is 16.2. The number of hydrogen-bond acceptors (Lipinski definition) is 3. The largest absolute Gasteiger partial charge is 0.344 e. The zero-order chi connectivity index (χ0) is 12.7. The van der Waals surface area contributed by atoms with E-state index in [1.54, 1.807) is 13.8 Å². The van der Waals surface area contributed by atoms with Crippen LogP contribution in [0.4, 0.5) is 0 Å². The lowest BCUT2D eigenvalue weighted by Gasteiger charge is -2.22. The molecule has 0 heterocycles. The van der Waals surface area contributed by atoms with Crippen molar-refractivity contribution in [2.75, 3.05) is 6.54 Å². The van der Waals surface area contributed by atoms with E-state index in [0.29, 0.717) is 0 Å². The molecule has 0 saturated heterocycles. The Kier molecular flexibility index (Phi) is 6.16. The Balaban J connectivity index is 4.45. The molecule has 1 unspecified atom stereocenters. The van der Waals surface area contributed by atoms with Gasteiger partial charge in [0, 0.05) is 5.92 Å². The number of hydrogen-bond donors (Lipinski definition) is 2. The van der Waals surface area contributed by atoms with Crippen LogP contribution in [0.2, 0.25) is 0 Å². The van der Waals surface area contributed by atoms with Crippen LogP contribution in [-0.2, 0) is 9.59 Å². The average molecular weight is 225 g/mol. The summed E-state index contributed by atoms with van der Waals surface area (Å²) in [5, 5.41) is 13.5. The summed E-state index contributed by atoms with van der Waals surface area (Å²) < 4.78 is 0. The SMILES string of the molecule is CC(C)C(=O)NC(C(=O)NCC#N)C(C)C. The Bertz CT molecular complexity index is 292. The smallest absolute Gasteiger partial charge is 0.243 e. The van der Waals surface area contributed by atoms with Crippen molar-refractivity contribution in [2.45, 2.75) is 33.7 Å². The van der Waals surface area contributed by atoms with Gasteiger partial charge in [-0.05, 0) is 5.92 Å². The van der Waals surface area contributed by atoms with Crippen LogP contribution in [0.5, 0.6) is 0 Å². The minimum atomic E-state index is -0.580. The maximum atomic E-state index is 11.6. The fraction of sp³-hybridized carbons (Fsp3) is 0.727. The van der Waals surface area contributed by atoms with Crippen LogP contribution in [-0.4, -0.2) is 24.4 Å². The summed E-state index contributed by atoms with van der Waals surface area (Å²) in [5.74, 6) is -0.650. The van der Waals surface area contributed by atoms with Crippen LogP contribution in [0.3, 0.4) is 0 Å². The molecular weight excluding hydrogens is 206 g/mol. The summed E-state index contributed by atoms with van der Waals surface area (Å²) in [7, 11) is 0. The average Bonchev–Trinajstić information content (AvgIpc) is 2.21. The van der Waals surface area contributed by atoms with Crippen LogP contribution in [0.25, 0.3) is 0 Å². The third-order valence-electron chi connectivity index (χ3n) is 2.11. The lowest BCUT2D eigenvalue weighted by molar-refractivity contribution is -0.131. The topological polar surface area (TPSA) is 82.0 Å². The first kappa shape index (κ1) is 14.4. The van der Waals surface area contributed by atoms with Gasteiger partial charge in [0.25, 0.3) is 0 Å². The lowest BCUT2D eigenvalue weighted by atomic mass is 10.0. The minimum absolute atomic E-state index is 0.0126. The van der Waals surface area contributed by atoms with Crippen LogP contribution in [0.15, 0.2) is 0 Å². The molecular formula is C11H19N3O2. The highest BCUT2D eigenvalue weighted by molar-refractivity contribution is 5.88. The maximum Gasteiger partial charge on any atom is 0.243 e. The van der Waals surface area contributed by atoms with Gasteiger partial charge in [-0.25, -0.2) is 0 Å². The molecule has 0 saturated carbocycles. The molecule has 90 valence electrons. The van der Waals surface area contributed by atoms with E-state index in [1.165, 1.54) is 0 Å². The van der Waals surface area contributed by atoms with Crippen molar-refractivity contribution >= 4 is 11.8 Å². The van der Waals surface area contributed by atoms with E-state index < -0.39 is 6.04 Å². The predicted molar refractivity (Wildman–Crippen MR) is 60.2 cm³/mol. The van der Waals surface area contributed by atoms with Gasteiger partial charge in [-0.3, -0.25) is 9.59 Å². The van der Waals surface area contributed by atoms with E-state index in [4.69, 9.17) is 5.26 Å². The zero-order valence-corrected chi connectivity index (χ0v) is 10.2. The van der Waals surface area contributed by atoms with E-state index in [1.807, 2.05) is 19.9 Å². The quantitative estimate of drug-likeness (QED) is 0.665. The molecule has 5 nitrogen and oxygen atoms in total. The summed E-state index contributed by atoms with van der Waals surface area (Å²) in [4.78, 5) is 23.1. The Morgan fingerprint density at radius 2 is 1.75 bits per heavy atom. The van der Waals surface area contributed by atoms with E-state index >= 15 is 0 Å². The van der Waals surface area contributed by atoms with Crippen molar-refractivity contribution in [3.63, 3.8) is 0 Å². The van der Waals surface area contributed by atoms with Crippen LogP contribution in [0.1, 0.15) is 27.7 Å². The molecule has 5 heteroatoms. The normalized spacial score (nSPS) is 12.1. The second kappa shape index (κ2) is 6.83. The van der Waals surface area contributed by atoms with Crippen molar-refractivity contribution in [3.8, 4) is 6.07 Å². The van der Waals surface area contributed by atoms with Crippen molar-refractivity contribution in [1.82, 2.24) is 10.6 Å². The summed E-state index contributed by atoms with van der Waals surface area (Å²) in [6, 6.07) is 1.24. The van der Waals surface area contributed by atoms with Crippen LogP contribution < -0.4 is 10.6 Å². The first-order valence-electron chi connectivity index (χ1n) is 5.35. The molecule has 0 fully saturated rings. The number of carbonyl (C=O) groups excluding carboxylic acids is 2. The summed E-state index contributed by atoms with van der Waals surface area (Å²) >= 11 is 0. The van der Waals surface area contributed by atoms with Gasteiger partial charge in [-0.15, -0.1) is 0 Å².